The molecule has 0 aliphatic rings. The Morgan fingerprint density at radius 3 is 2.76 bits per heavy atom. The third-order valence-electron chi connectivity index (χ3n) is 3.06. The van der Waals surface area contributed by atoms with Crippen LogP contribution in [0.1, 0.15) is 24.2 Å². The predicted molar refractivity (Wildman–Crippen MR) is 85.1 cm³/mol. The van der Waals surface area contributed by atoms with E-state index in [2.05, 4.69) is 26.3 Å². The van der Waals surface area contributed by atoms with Crippen molar-refractivity contribution in [2.45, 2.75) is 19.9 Å². The van der Waals surface area contributed by atoms with Crippen molar-refractivity contribution in [1.29, 1.82) is 0 Å². The second-order valence-corrected chi connectivity index (χ2v) is 5.51. The van der Waals surface area contributed by atoms with Crippen molar-refractivity contribution in [2.24, 2.45) is 7.05 Å². The van der Waals surface area contributed by atoms with Gasteiger partial charge in [-0.2, -0.15) is 5.10 Å². The Morgan fingerprint density at radius 2 is 2.19 bits per heavy atom. The summed E-state index contributed by atoms with van der Waals surface area (Å²) in [5.74, 6) is -0.315. The quantitative estimate of drug-likeness (QED) is 0.840. The summed E-state index contributed by atoms with van der Waals surface area (Å²) < 4.78 is 7.76. The number of aryl methyl sites for hydroxylation is 2. The number of nitrogens with zero attached hydrogens (tertiary/aromatic N) is 2. The fourth-order valence-corrected chi connectivity index (χ4v) is 2.52. The molecule has 0 saturated carbocycles. The number of halogens is 1. The highest BCUT2D eigenvalue weighted by atomic mass is 79.9. The molecular weight excluding hydrogens is 334 g/mol. The van der Waals surface area contributed by atoms with Gasteiger partial charge in [0.25, 0.3) is 0 Å². The Balaban J connectivity index is 2.35. The molecule has 1 heterocycles. The Labute approximate surface area is 132 Å². The number of para-hydroxylation sites is 1. The van der Waals surface area contributed by atoms with Crippen LogP contribution >= 0.6 is 15.9 Å². The molecule has 0 amide bonds. The maximum absolute atomic E-state index is 12.3. The molecule has 0 spiro atoms. The minimum Gasteiger partial charge on any atom is -0.464 e. The van der Waals surface area contributed by atoms with Crippen molar-refractivity contribution >= 4 is 27.6 Å². The van der Waals surface area contributed by atoms with E-state index in [1.807, 2.05) is 44.4 Å². The topological polar surface area (TPSA) is 56.1 Å². The van der Waals surface area contributed by atoms with Gasteiger partial charge in [0.05, 0.1) is 12.3 Å². The summed E-state index contributed by atoms with van der Waals surface area (Å²) >= 11 is 3.47. The summed E-state index contributed by atoms with van der Waals surface area (Å²) in [6.07, 6.45) is 1.83. The molecule has 21 heavy (non-hydrogen) atoms. The van der Waals surface area contributed by atoms with Crippen LogP contribution in [-0.2, 0) is 16.6 Å². The van der Waals surface area contributed by atoms with Crippen LogP contribution in [-0.4, -0.2) is 22.4 Å². The molecule has 2 rings (SSSR count). The number of carbonyl (C=O) groups is 1. The number of benzene rings is 1. The van der Waals surface area contributed by atoms with Crippen molar-refractivity contribution in [2.75, 3.05) is 11.9 Å². The van der Waals surface area contributed by atoms with Gasteiger partial charge in [-0.3, -0.25) is 4.68 Å². The molecule has 0 aliphatic carbocycles. The van der Waals surface area contributed by atoms with E-state index in [4.69, 9.17) is 4.74 Å². The number of ether oxygens (including phenoxy) is 1. The van der Waals surface area contributed by atoms with Gasteiger partial charge in [-0.15, -0.1) is 0 Å². The molecule has 1 aromatic carbocycles. The monoisotopic (exact) mass is 351 g/mol. The number of esters is 1. The van der Waals surface area contributed by atoms with E-state index in [-0.39, 0.29) is 5.97 Å². The normalized spacial score (nSPS) is 12.0. The maximum atomic E-state index is 12.3. The summed E-state index contributed by atoms with van der Waals surface area (Å²) in [7, 11) is 1.83. The van der Waals surface area contributed by atoms with Crippen LogP contribution in [0.25, 0.3) is 0 Å². The molecule has 0 aliphatic heterocycles. The highest BCUT2D eigenvalue weighted by molar-refractivity contribution is 9.10. The van der Waals surface area contributed by atoms with Crippen LogP contribution < -0.4 is 5.32 Å². The zero-order valence-electron chi connectivity index (χ0n) is 12.3. The standard InChI is InChI=1S/C15H18BrN3O2/c1-4-21-15(20)14(11-9-19(3)18-10(11)2)17-13-8-6-5-7-12(13)16/h5-9,14,17H,4H2,1-3H3. The van der Waals surface area contributed by atoms with Crippen LogP contribution in [0, 0.1) is 6.92 Å². The zero-order valence-corrected chi connectivity index (χ0v) is 13.8. The molecule has 1 atom stereocenters. The SMILES string of the molecule is CCOC(=O)C(Nc1ccccc1Br)c1cn(C)nc1C. The lowest BCUT2D eigenvalue weighted by Crippen LogP contribution is -2.24. The van der Waals surface area contributed by atoms with E-state index < -0.39 is 6.04 Å². The molecule has 0 radical (unpaired) electrons. The minimum atomic E-state index is -0.586. The van der Waals surface area contributed by atoms with Gasteiger partial charge in [0.1, 0.15) is 0 Å². The van der Waals surface area contributed by atoms with E-state index in [0.717, 1.165) is 21.4 Å². The van der Waals surface area contributed by atoms with Crippen molar-refractivity contribution in [3.05, 3.63) is 46.2 Å². The summed E-state index contributed by atoms with van der Waals surface area (Å²) in [4.78, 5) is 12.3. The van der Waals surface area contributed by atoms with Gasteiger partial charge in [0.2, 0.25) is 0 Å². The maximum Gasteiger partial charge on any atom is 0.333 e. The van der Waals surface area contributed by atoms with Crippen LogP contribution in [0.2, 0.25) is 0 Å². The number of nitrogens with one attached hydrogen (secondary N) is 1. The Hall–Kier alpha value is -1.82. The molecule has 1 aromatic heterocycles. The molecule has 2 aromatic rings. The lowest BCUT2D eigenvalue weighted by Gasteiger charge is -2.18. The minimum absolute atomic E-state index is 0.315. The lowest BCUT2D eigenvalue weighted by atomic mass is 10.1. The van der Waals surface area contributed by atoms with E-state index in [9.17, 15) is 4.79 Å². The van der Waals surface area contributed by atoms with Crippen LogP contribution in [0.4, 0.5) is 5.69 Å². The summed E-state index contributed by atoms with van der Waals surface area (Å²) in [5, 5.41) is 7.52. The first-order chi connectivity index (χ1) is 10.0. The smallest absolute Gasteiger partial charge is 0.333 e. The second kappa shape index (κ2) is 6.76. The van der Waals surface area contributed by atoms with E-state index in [0.29, 0.717) is 6.61 Å². The fraction of sp³-hybridized carbons (Fsp3) is 0.333. The number of aromatic nitrogens is 2. The molecule has 112 valence electrons. The lowest BCUT2D eigenvalue weighted by molar-refractivity contribution is -0.144. The molecule has 6 heteroatoms. The molecule has 0 saturated heterocycles. The molecule has 0 fully saturated rings. The molecular formula is C15H18BrN3O2. The Morgan fingerprint density at radius 1 is 1.48 bits per heavy atom. The van der Waals surface area contributed by atoms with Crippen molar-refractivity contribution < 1.29 is 9.53 Å². The van der Waals surface area contributed by atoms with Crippen molar-refractivity contribution in [1.82, 2.24) is 9.78 Å². The molecule has 0 bridgehead atoms. The largest absolute Gasteiger partial charge is 0.464 e. The summed E-state index contributed by atoms with van der Waals surface area (Å²) in [5.41, 5.74) is 2.45. The number of anilines is 1. The molecule has 1 unspecified atom stereocenters. The Kier molecular flexibility index (Phi) is 5.01. The van der Waals surface area contributed by atoms with Gasteiger partial charge in [-0.05, 0) is 41.9 Å². The third-order valence-corrected chi connectivity index (χ3v) is 3.75. The third kappa shape index (κ3) is 3.64. The Bertz CT molecular complexity index is 640. The number of rotatable bonds is 5. The van der Waals surface area contributed by atoms with E-state index in [1.165, 1.54) is 0 Å². The van der Waals surface area contributed by atoms with Gasteiger partial charge in [0, 0.05) is 29.0 Å². The average Bonchev–Trinajstić information content (AvgIpc) is 2.77. The summed E-state index contributed by atoms with van der Waals surface area (Å²) in [6, 6.07) is 7.07. The van der Waals surface area contributed by atoms with Gasteiger partial charge >= 0.3 is 5.97 Å². The van der Waals surface area contributed by atoms with Crippen molar-refractivity contribution in [3.8, 4) is 0 Å². The number of carbonyl (C=O) groups excluding carboxylic acids is 1. The first kappa shape index (κ1) is 15.6. The van der Waals surface area contributed by atoms with Crippen LogP contribution in [0.15, 0.2) is 34.9 Å². The first-order valence-corrected chi connectivity index (χ1v) is 7.50. The molecule has 5 nitrogen and oxygen atoms in total. The number of hydrogen-bond acceptors (Lipinski definition) is 4. The zero-order chi connectivity index (χ0) is 15.4. The average molecular weight is 352 g/mol. The highest BCUT2D eigenvalue weighted by Crippen LogP contribution is 2.28. The summed E-state index contributed by atoms with van der Waals surface area (Å²) in [6.45, 7) is 4.01. The van der Waals surface area contributed by atoms with E-state index in [1.54, 1.807) is 11.6 Å². The van der Waals surface area contributed by atoms with Crippen LogP contribution in [0.3, 0.4) is 0 Å². The van der Waals surface area contributed by atoms with Gasteiger partial charge < -0.3 is 10.1 Å². The number of hydrogen-bond donors (Lipinski definition) is 1. The van der Waals surface area contributed by atoms with Gasteiger partial charge in [-0.1, -0.05) is 12.1 Å². The van der Waals surface area contributed by atoms with Gasteiger partial charge in [-0.25, -0.2) is 4.79 Å². The molecule has 1 N–H and O–H groups in total. The van der Waals surface area contributed by atoms with Gasteiger partial charge in [0.15, 0.2) is 6.04 Å². The second-order valence-electron chi connectivity index (χ2n) is 4.65. The van der Waals surface area contributed by atoms with Crippen molar-refractivity contribution in [3.63, 3.8) is 0 Å². The van der Waals surface area contributed by atoms with E-state index >= 15 is 0 Å². The highest BCUT2D eigenvalue weighted by Gasteiger charge is 2.26. The van der Waals surface area contributed by atoms with Crippen LogP contribution in [0.5, 0.6) is 0 Å². The predicted octanol–water partition coefficient (Wildman–Crippen LogP) is 3.21. The first-order valence-electron chi connectivity index (χ1n) is 6.70. The fourth-order valence-electron chi connectivity index (χ4n) is 2.12.